The minimum atomic E-state index is -3.73. The molecule has 1 N–H and O–H groups in total. The summed E-state index contributed by atoms with van der Waals surface area (Å²) >= 11 is 0. The van der Waals surface area contributed by atoms with Crippen LogP contribution in [0.4, 0.5) is 4.39 Å². The lowest BCUT2D eigenvalue weighted by Gasteiger charge is -2.40. The highest BCUT2D eigenvalue weighted by Crippen LogP contribution is 2.36. The van der Waals surface area contributed by atoms with E-state index >= 15 is 0 Å². The average Bonchev–Trinajstić information content (AvgIpc) is 2.53. The number of carboxylic acids is 1. The second kappa shape index (κ2) is 6.72. The molecule has 0 aromatic heterocycles. The number of halogens is 1. The lowest BCUT2D eigenvalue weighted by atomic mass is 9.73. The Balaban J connectivity index is 1.63. The molecule has 1 aromatic carbocycles. The van der Waals surface area contributed by atoms with Gasteiger partial charge in [0.25, 0.3) is 0 Å². The number of piperazine rings is 1. The second-order valence-corrected chi connectivity index (χ2v) is 8.25. The number of sulfonamides is 1. The largest absolute Gasteiger partial charge is 0.481 e. The summed E-state index contributed by atoms with van der Waals surface area (Å²) < 4.78 is 39.3. The summed E-state index contributed by atoms with van der Waals surface area (Å²) in [5.74, 6) is -2.81. The highest BCUT2D eigenvalue weighted by molar-refractivity contribution is 7.89. The van der Waals surface area contributed by atoms with Crippen LogP contribution in [-0.2, 0) is 19.6 Å². The normalized spacial score (nSPS) is 24.6. The first kappa shape index (κ1) is 17.8. The third kappa shape index (κ3) is 3.38. The van der Waals surface area contributed by atoms with Gasteiger partial charge in [0.15, 0.2) is 0 Å². The Labute approximate surface area is 145 Å². The van der Waals surface area contributed by atoms with E-state index in [1.54, 1.807) is 0 Å². The molecular weight excluding hydrogens is 351 g/mol. The molecule has 9 heteroatoms. The number of benzene rings is 1. The van der Waals surface area contributed by atoms with Gasteiger partial charge >= 0.3 is 5.97 Å². The van der Waals surface area contributed by atoms with E-state index in [4.69, 9.17) is 5.11 Å². The zero-order chi connectivity index (χ0) is 18.2. The molecule has 1 heterocycles. The first-order valence-corrected chi connectivity index (χ1v) is 9.52. The van der Waals surface area contributed by atoms with E-state index in [2.05, 4.69) is 0 Å². The van der Waals surface area contributed by atoms with Crippen molar-refractivity contribution in [1.82, 2.24) is 9.21 Å². The SMILES string of the molecule is O=C(O)C1CCC1C(=O)N1CCN(S(=O)(=O)c2ccc(F)cc2)CC1. The summed E-state index contributed by atoms with van der Waals surface area (Å²) in [5.41, 5.74) is 0. The maximum Gasteiger partial charge on any atom is 0.307 e. The van der Waals surface area contributed by atoms with Gasteiger partial charge in [-0.25, -0.2) is 12.8 Å². The van der Waals surface area contributed by atoms with Crippen LogP contribution in [0.25, 0.3) is 0 Å². The first-order chi connectivity index (χ1) is 11.8. The monoisotopic (exact) mass is 370 g/mol. The molecule has 136 valence electrons. The van der Waals surface area contributed by atoms with Gasteiger partial charge in [-0.15, -0.1) is 0 Å². The van der Waals surface area contributed by atoms with E-state index < -0.39 is 33.6 Å². The first-order valence-electron chi connectivity index (χ1n) is 8.08. The summed E-state index contributed by atoms with van der Waals surface area (Å²) in [7, 11) is -3.73. The Hall–Kier alpha value is -2.00. The van der Waals surface area contributed by atoms with Crippen molar-refractivity contribution in [1.29, 1.82) is 0 Å². The number of carbonyl (C=O) groups is 2. The summed E-state index contributed by atoms with van der Waals surface area (Å²) in [4.78, 5) is 25.0. The van der Waals surface area contributed by atoms with E-state index in [1.807, 2.05) is 0 Å². The van der Waals surface area contributed by atoms with Gasteiger partial charge in [0.2, 0.25) is 15.9 Å². The molecule has 0 bridgehead atoms. The van der Waals surface area contributed by atoms with Crippen LogP contribution >= 0.6 is 0 Å². The Bertz CT molecular complexity index is 772. The molecule has 2 atom stereocenters. The number of nitrogens with zero attached hydrogens (tertiary/aromatic N) is 2. The van der Waals surface area contributed by atoms with Crippen molar-refractivity contribution in [3.05, 3.63) is 30.1 Å². The Morgan fingerprint density at radius 1 is 1.00 bits per heavy atom. The number of hydrogen-bond acceptors (Lipinski definition) is 4. The molecule has 3 rings (SSSR count). The van der Waals surface area contributed by atoms with Crippen molar-refractivity contribution in [2.45, 2.75) is 17.7 Å². The van der Waals surface area contributed by atoms with Crippen molar-refractivity contribution in [3.63, 3.8) is 0 Å². The van der Waals surface area contributed by atoms with Crippen molar-refractivity contribution in [2.24, 2.45) is 11.8 Å². The highest BCUT2D eigenvalue weighted by atomic mass is 32.2. The van der Waals surface area contributed by atoms with Crippen LogP contribution in [0.3, 0.4) is 0 Å². The number of carboxylic acid groups (broad SMARTS) is 1. The Morgan fingerprint density at radius 3 is 2.04 bits per heavy atom. The van der Waals surface area contributed by atoms with Crippen LogP contribution in [0, 0.1) is 17.7 Å². The molecular formula is C16H19FN2O5S. The van der Waals surface area contributed by atoms with Crippen LogP contribution in [0.1, 0.15) is 12.8 Å². The molecule has 1 aliphatic heterocycles. The zero-order valence-corrected chi connectivity index (χ0v) is 14.3. The van der Waals surface area contributed by atoms with Gasteiger partial charge < -0.3 is 10.0 Å². The van der Waals surface area contributed by atoms with E-state index in [9.17, 15) is 22.4 Å². The van der Waals surface area contributed by atoms with Crippen LogP contribution in [0.15, 0.2) is 29.2 Å². The molecule has 1 saturated carbocycles. The van der Waals surface area contributed by atoms with Crippen molar-refractivity contribution < 1.29 is 27.5 Å². The minimum absolute atomic E-state index is 0.0126. The maximum absolute atomic E-state index is 13.0. The van der Waals surface area contributed by atoms with Gasteiger partial charge in [0.1, 0.15) is 5.82 Å². The number of aliphatic carboxylic acids is 1. The quantitative estimate of drug-likeness (QED) is 0.845. The summed E-state index contributed by atoms with van der Waals surface area (Å²) in [6.07, 6.45) is 1.06. The smallest absolute Gasteiger partial charge is 0.307 e. The Kier molecular flexibility index (Phi) is 4.79. The fourth-order valence-corrected chi connectivity index (χ4v) is 4.65. The standard InChI is InChI=1S/C16H19FN2O5S/c17-11-1-3-12(4-2-11)25(23,24)19-9-7-18(8-10-19)15(20)13-5-6-14(13)16(21)22/h1-4,13-14H,5-10H2,(H,21,22). The second-order valence-electron chi connectivity index (χ2n) is 6.31. The van der Waals surface area contributed by atoms with E-state index in [0.29, 0.717) is 12.8 Å². The summed E-state index contributed by atoms with van der Waals surface area (Å²) in [6, 6.07) is 4.62. The van der Waals surface area contributed by atoms with Gasteiger partial charge in [-0.1, -0.05) is 0 Å². The van der Waals surface area contributed by atoms with Gasteiger partial charge in [-0.3, -0.25) is 9.59 Å². The number of rotatable bonds is 4. The fourth-order valence-electron chi connectivity index (χ4n) is 3.23. The van der Waals surface area contributed by atoms with Gasteiger partial charge in [0.05, 0.1) is 16.7 Å². The predicted octanol–water partition coefficient (Wildman–Crippen LogP) is 0.769. The third-order valence-electron chi connectivity index (χ3n) is 4.91. The lowest BCUT2D eigenvalue weighted by molar-refractivity contribution is -0.157. The van der Waals surface area contributed by atoms with Gasteiger partial charge in [-0.2, -0.15) is 4.31 Å². The Morgan fingerprint density at radius 2 is 1.56 bits per heavy atom. The fraction of sp³-hybridized carbons (Fsp3) is 0.500. The molecule has 0 spiro atoms. The molecule has 25 heavy (non-hydrogen) atoms. The van der Waals surface area contributed by atoms with Crippen molar-refractivity contribution in [2.75, 3.05) is 26.2 Å². The predicted molar refractivity (Wildman–Crippen MR) is 85.6 cm³/mol. The number of carbonyl (C=O) groups excluding carboxylic acids is 1. The molecule has 7 nitrogen and oxygen atoms in total. The number of amides is 1. The highest BCUT2D eigenvalue weighted by Gasteiger charge is 2.44. The number of hydrogen-bond donors (Lipinski definition) is 1. The van der Waals surface area contributed by atoms with Crippen LogP contribution in [0.5, 0.6) is 0 Å². The minimum Gasteiger partial charge on any atom is -0.481 e. The van der Waals surface area contributed by atoms with Crippen molar-refractivity contribution >= 4 is 21.9 Å². The molecule has 2 aliphatic rings. The molecule has 1 amide bonds. The molecule has 2 unspecified atom stereocenters. The molecule has 2 fully saturated rings. The van der Waals surface area contributed by atoms with E-state index in [1.165, 1.54) is 21.3 Å². The molecule has 1 aromatic rings. The molecule has 0 radical (unpaired) electrons. The lowest BCUT2D eigenvalue weighted by Crippen LogP contribution is -2.54. The summed E-state index contributed by atoms with van der Waals surface area (Å²) in [5, 5.41) is 9.06. The molecule has 1 saturated heterocycles. The van der Waals surface area contributed by atoms with Gasteiger partial charge in [-0.05, 0) is 37.1 Å². The van der Waals surface area contributed by atoms with Crippen LogP contribution < -0.4 is 0 Å². The van der Waals surface area contributed by atoms with Crippen LogP contribution in [-0.4, -0.2) is 60.8 Å². The third-order valence-corrected chi connectivity index (χ3v) is 6.82. The van der Waals surface area contributed by atoms with Crippen LogP contribution in [0.2, 0.25) is 0 Å². The average molecular weight is 370 g/mol. The topological polar surface area (TPSA) is 95.0 Å². The van der Waals surface area contributed by atoms with E-state index in [-0.39, 0.29) is 37.0 Å². The zero-order valence-electron chi connectivity index (χ0n) is 13.5. The molecule has 1 aliphatic carbocycles. The summed E-state index contributed by atoms with van der Waals surface area (Å²) in [6.45, 7) is 0.718. The van der Waals surface area contributed by atoms with Crippen molar-refractivity contribution in [3.8, 4) is 0 Å². The van der Waals surface area contributed by atoms with Gasteiger partial charge in [0, 0.05) is 26.2 Å². The van der Waals surface area contributed by atoms with E-state index in [0.717, 1.165) is 12.1 Å². The maximum atomic E-state index is 13.0.